The van der Waals surface area contributed by atoms with Gasteiger partial charge in [-0.3, -0.25) is 0 Å². The molecule has 3 heterocycles. The van der Waals surface area contributed by atoms with E-state index in [0.29, 0.717) is 65.3 Å². The lowest BCUT2D eigenvalue weighted by atomic mass is 10.1. The van der Waals surface area contributed by atoms with Crippen LogP contribution in [0.4, 0.5) is 24.5 Å². The fourth-order valence-corrected chi connectivity index (χ4v) is 6.59. The number of benzene rings is 2. The van der Waals surface area contributed by atoms with E-state index < -0.39 is 38.7 Å². The largest absolute Gasteiger partial charge is 0.748 e. The fraction of sp³-hybridized carbons (Fsp3) is 0.393. The number of halogens is 3. The molecule has 16 heteroatoms. The molecule has 0 aliphatic carbocycles. The third kappa shape index (κ3) is 6.55. The number of aromatic nitrogens is 2. The number of morpholine rings is 1. The van der Waals surface area contributed by atoms with Gasteiger partial charge in [-0.2, -0.15) is 22.5 Å². The summed E-state index contributed by atoms with van der Waals surface area (Å²) in [4.78, 5) is 3.79. The molecule has 2 aromatic carbocycles. The van der Waals surface area contributed by atoms with Gasteiger partial charge in [0.2, 0.25) is 11.1 Å². The van der Waals surface area contributed by atoms with Crippen LogP contribution < -0.4 is 14.4 Å². The highest BCUT2D eigenvalue weighted by Crippen LogP contribution is 2.44. The van der Waals surface area contributed by atoms with Crippen molar-refractivity contribution in [2.75, 3.05) is 56.0 Å². The van der Waals surface area contributed by atoms with Crippen molar-refractivity contribution in [2.24, 2.45) is 7.05 Å². The van der Waals surface area contributed by atoms with Crippen LogP contribution in [0, 0.1) is 6.92 Å². The Morgan fingerprint density at radius 3 is 2.41 bits per heavy atom. The Labute approximate surface area is 255 Å². The Bertz CT molecular complexity index is 1780. The number of ether oxygens (including phenoxy) is 1. The van der Waals surface area contributed by atoms with Crippen LogP contribution in [0.25, 0.3) is 17.1 Å². The van der Waals surface area contributed by atoms with Crippen molar-refractivity contribution in [3.63, 3.8) is 0 Å². The molecule has 1 atom stereocenters. The van der Waals surface area contributed by atoms with Crippen LogP contribution >= 0.6 is 0 Å². The molecule has 2 aliphatic heterocycles. The Kier molecular flexibility index (Phi) is 8.94. The van der Waals surface area contributed by atoms with Gasteiger partial charge in [-0.05, 0) is 42.8 Å². The minimum Gasteiger partial charge on any atom is -0.748 e. The monoisotopic (exact) mass is 655 g/mol. The summed E-state index contributed by atoms with van der Waals surface area (Å²) >= 11 is -1.85. The van der Waals surface area contributed by atoms with Crippen molar-refractivity contribution in [2.45, 2.75) is 24.5 Å². The summed E-state index contributed by atoms with van der Waals surface area (Å²) in [5, 5.41) is 1.56. The number of nitrogens with zero attached hydrogens (tertiary/aromatic N) is 5. The third-order valence-corrected chi connectivity index (χ3v) is 9.31. The molecule has 0 amide bonds. The van der Waals surface area contributed by atoms with Crippen LogP contribution in [0.15, 0.2) is 53.2 Å². The number of fused-ring (bicyclic) bond motifs is 2. The van der Waals surface area contributed by atoms with Crippen LogP contribution in [-0.4, -0.2) is 73.0 Å². The Hall–Kier alpha value is -3.28. The van der Waals surface area contributed by atoms with Crippen molar-refractivity contribution >= 4 is 49.7 Å². The first kappa shape index (κ1) is 32.1. The number of alkyl halides is 3. The zero-order valence-electron chi connectivity index (χ0n) is 24.5. The van der Waals surface area contributed by atoms with Gasteiger partial charge in [-0.15, -0.1) is 0 Å². The first-order valence-corrected chi connectivity index (χ1v) is 16.3. The molecule has 44 heavy (non-hydrogen) atoms. The normalized spacial score (nSPS) is 18.2. The third-order valence-electron chi connectivity index (χ3n) is 7.65. The maximum Gasteiger partial charge on any atom is 0.416 e. The van der Waals surface area contributed by atoms with Gasteiger partial charge in [-0.1, -0.05) is 6.08 Å². The van der Waals surface area contributed by atoms with E-state index in [0.717, 1.165) is 6.07 Å². The minimum absolute atomic E-state index is 0.119. The van der Waals surface area contributed by atoms with Gasteiger partial charge in [0.15, 0.2) is 11.0 Å². The molecule has 0 spiro atoms. The molecular formula is C28H32F3N5O6S2. The van der Waals surface area contributed by atoms with Crippen LogP contribution in [0.3, 0.4) is 0 Å². The second kappa shape index (κ2) is 12.3. The standard InChI is InChI=1S/C28H32F3N5O6S2/c1-19-16-23-24(18-21(19)28(29,30)31)34(4)26(33(23)3)6-5-7-27-32(2)22-9-8-20(43(37)42-35-10-13-41-14-11-35)17-25(22)36(27)12-15-44(38,39)40/h5-9,16-18H,10-15H2,1-4H3. The van der Waals surface area contributed by atoms with Crippen LogP contribution in [0.1, 0.15) is 17.0 Å². The Morgan fingerprint density at radius 1 is 1.11 bits per heavy atom. The predicted molar refractivity (Wildman–Crippen MR) is 158 cm³/mol. The van der Waals surface area contributed by atoms with E-state index in [2.05, 4.69) is 0 Å². The molecule has 1 unspecified atom stereocenters. The molecule has 3 aromatic rings. The number of aryl methyl sites for hydroxylation is 3. The Morgan fingerprint density at radius 2 is 1.77 bits per heavy atom. The van der Waals surface area contributed by atoms with Gasteiger partial charge in [-0.25, -0.2) is 21.8 Å². The number of hydroxylamine groups is 2. The lowest BCUT2D eigenvalue weighted by molar-refractivity contribution is -0.647. The number of imidazole rings is 1. The van der Waals surface area contributed by atoms with E-state index >= 15 is 0 Å². The number of allylic oxidation sites excluding steroid dienone is 2. The van der Waals surface area contributed by atoms with Gasteiger partial charge in [0.1, 0.15) is 12.4 Å². The second-order valence-corrected chi connectivity index (χ2v) is 13.1. The summed E-state index contributed by atoms with van der Waals surface area (Å²) in [5.74, 6) is 0.478. The predicted octanol–water partition coefficient (Wildman–Crippen LogP) is 3.07. The maximum absolute atomic E-state index is 13.6. The molecule has 238 valence electrons. The summed E-state index contributed by atoms with van der Waals surface area (Å²) in [5.41, 5.74) is 1.67. The molecular weight excluding hydrogens is 623 g/mol. The summed E-state index contributed by atoms with van der Waals surface area (Å²) in [6.07, 6.45) is 0.655. The number of anilines is 2. The smallest absolute Gasteiger partial charge is 0.416 e. The van der Waals surface area contributed by atoms with Gasteiger partial charge >= 0.3 is 6.18 Å². The fourth-order valence-electron chi connectivity index (χ4n) is 5.37. The zero-order valence-corrected chi connectivity index (χ0v) is 26.1. The molecule has 0 bridgehead atoms. The van der Waals surface area contributed by atoms with Gasteiger partial charge in [0.05, 0.1) is 58.0 Å². The average Bonchev–Trinajstić information content (AvgIpc) is 3.35. The molecule has 5 rings (SSSR count). The van der Waals surface area contributed by atoms with Crippen LogP contribution in [0.5, 0.6) is 0 Å². The highest BCUT2D eigenvalue weighted by molar-refractivity contribution is 7.85. The number of rotatable bonds is 8. The maximum atomic E-state index is 13.6. The summed E-state index contributed by atoms with van der Waals surface area (Å²) in [6, 6.07) is 7.66. The second-order valence-electron chi connectivity index (χ2n) is 10.5. The molecule has 1 aromatic heterocycles. The van der Waals surface area contributed by atoms with Crippen molar-refractivity contribution in [1.29, 1.82) is 0 Å². The number of hydrogen-bond acceptors (Lipinski definition) is 9. The summed E-state index contributed by atoms with van der Waals surface area (Å²) < 4.78 is 103. The topological polar surface area (TPSA) is 111 Å². The van der Waals surface area contributed by atoms with Crippen molar-refractivity contribution < 1.29 is 43.9 Å². The van der Waals surface area contributed by atoms with E-state index in [1.807, 2.05) is 0 Å². The Balaban J connectivity index is 1.49. The lowest BCUT2D eigenvalue weighted by Crippen LogP contribution is -2.36. The van der Waals surface area contributed by atoms with Gasteiger partial charge in [0, 0.05) is 39.3 Å². The molecule has 2 aliphatic rings. The van der Waals surface area contributed by atoms with Gasteiger partial charge in [0.25, 0.3) is 5.82 Å². The quantitative estimate of drug-likeness (QED) is 0.267. The highest BCUT2D eigenvalue weighted by atomic mass is 32.2. The molecule has 0 radical (unpaired) electrons. The van der Waals surface area contributed by atoms with E-state index in [9.17, 15) is 30.4 Å². The minimum atomic E-state index is -4.55. The van der Waals surface area contributed by atoms with E-state index in [1.165, 1.54) is 13.0 Å². The first-order valence-electron chi connectivity index (χ1n) is 13.6. The SMILES string of the molecule is Cc1cc2c(cc1C(F)(F)F)N(C)C(=CC=Cc1n(CCS(=O)(=O)[O-])c3cc(S(=O)ON4CCOCC4)ccc3[n+]1C)N2C. The molecule has 1 fully saturated rings. The molecule has 0 N–H and O–H groups in total. The lowest BCUT2D eigenvalue weighted by Gasteiger charge is -2.24. The van der Waals surface area contributed by atoms with Crippen molar-refractivity contribution in [1.82, 2.24) is 9.63 Å². The highest BCUT2D eigenvalue weighted by Gasteiger charge is 2.36. The summed E-state index contributed by atoms with van der Waals surface area (Å²) in [7, 11) is 0.644. The van der Waals surface area contributed by atoms with Crippen molar-refractivity contribution in [3.8, 4) is 0 Å². The first-order chi connectivity index (χ1) is 20.7. The summed E-state index contributed by atoms with van der Waals surface area (Å²) in [6.45, 7) is 3.10. The van der Waals surface area contributed by atoms with Crippen molar-refractivity contribution in [3.05, 3.63) is 65.3 Å². The molecule has 0 saturated carbocycles. The molecule has 11 nitrogen and oxygen atoms in total. The van der Waals surface area contributed by atoms with Gasteiger partial charge < -0.3 is 19.1 Å². The van der Waals surface area contributed by atoms with E-state index in [-0.39, 0.29) is 12.1 Å². The number of hydrogen-bond donors (Lipinski definition) is 0. The van der Waals surface area contributed by atoms with E-state index in [4.69, 9.17) is 9.02 Å². The van der Waals surface area contributed by atoms with Crippen LogP contribution in [0.2, 0.25) is 0 Å². The van der Waals surface area contributed by atoms with Crippen LogP contribution in [-0.2, 0) is 50.0 Å². The average molecular weight is 656 g/mol. The molecule has 1 saturated heterocycles. The van der Waals surface area contributed by atoms with E-state index in [1.54, 1.807) is 81.6 Å². The zero-order chi connectivity index (χ0) is 32.0.